The van der Waals surface area contributed by atoms with Crippen LogP contribution in [0.3, 0.4) is 0 Å². The van der Waals surface area contributed by atoms with Gasteiger partial charge >= 0.3 is 0 Å². The van der Waals surface area contributed by atoms with Gasteiger partial charge in [-0.2, -0.15) is 0 Å². The minimum Gasteiger partial charge on any atom is -0.495 e. The van der Waals surface area contributed by atoms with Crippen molar-refractivity contribution < 1.29 is 17.9 Å². The van der Waals surface area contributed by atoms with Crippen LogP contribution in [0.5, 0.6) is 5.75 Å². The maximum Gasteiger partial charge on any atom is 0.267 e. The van der Waals surface area contributed by atoms with Crippen LogP contribution in [0.4, 0.5) is 5.69 Å². The first-order chi connectivity index (χ1) is 16.3. The number of thiophene rings is 1. The van der Waals surface area contributed by atoms with E-state index in [2.05, 4.69) is 11.4 Å². The molecule has 0 spiro atoms. The van der Waals surface area contributed by atoms with Crippen LogP contribution in [0.2, 0.25) is 0 Å². The lowest BCUT2D eigenvalue weighted by Crippen LogP contribution is -2.27. The van der Waals surface area contributed by atoms with Gasteiger partial charge in [0, 0.05) is 18.3 Å². The number of carbonyl (C=O) groups is 1. The van der Waals surface area contributed by atoms with Crippen LogP contribution >= 0.6 is 11.3 Å². The average molecular weight is 499 g/mol. The minimum absolute atomic E-state index is 0.0929. The molecule has 1 amide bonds. The fourth-order valence-electron chi connectivity index (χ4n) is 4.17. The highest BCUT2D eigenvalue weighted by atomic mass is 32.2. The smallest absolute Gasteiger partial charge is 0.267 e. The number of aryl methyl sites for hydroxylation is 1. The van der Waals surface area contributed by atoms with Crippen molar-refractivity contribution in [2.75, 3.05) is 25.0 Å². The predicted molar refractivity (Wildman–Crippen MR) is 139 cm³/mol. The molecule has 0 atom stereocenters. The molecule has 0 fully saturated rings. The largest absolute Gasteiger partial charge is 0.495 e. The third-order valence-electron chi connectivity index (χ3n) is 6.16. The molecule has 0 saturated carbocycles. The van der Waals surface area contributed by atoms with Gasteiger partial charge in [-0.3, -0.25) is 9.10 Å². The Bertz CT molecular complexity index is 1340. The third kappa shape index (κ3) is 5.13. The van der Waals surface area contributed by atoms with Gasteiger partial charge in [0.25, 0.3) is 15.9 Å². The highest BCUT2D eigenvalue weighted by Gasteiger charge is 2.26. The van der Waals surface area contributed by atoms with Gasteiger partial charge in [0.05, 0.1) is 17.7 Å². The number of carbonyl (C=O) groups excluding carboxylic acids is 1. The van der Waals surface area contributed by atoms with E-state index in [-0.39, 0.29) is 10.8 Å². The van der Waals surface area contributed by atoms with Gasteiger partial charge in [0.15, 0.2) is 0 Å². The second-order valence-electron chi connectivity index (χ2n) is 8.57. The van der Waals surface area contributed by atoms with Crippen molar-refractivity contribution in [1.82, 2.24) is 5.32 Å². The zero-order chi connectivity index (χ0) is 24.3. The molecule has 0 unspecified atom stereocenters. The van der Waals surface area contributed by atoms with Crippen LogP contribution < -0.4 is 14.4 Å². The number of anilines is 1. The fraction of sp³-hybridized carbons (Fsp3) is 0.346. The number of hydrogen-bond donors (Lipinski definition) is 1. The summed E-state index contributed by atoms with van der Waals surface area (Å²) in [5.41, 5.74) is 2.78. The molecule has 0 radical (unpaired) electrons. The Morgan fingerprint density at radius 3 is 2.71 bits per heavy atom. The summed E-state index contributed by atoms with van der Waals surface area (Å²) in [4.78, 5) is 13.4. The zero-order valence-corrected chi connectivity index (χ0v) is 21.4. The van der Waals surface area contributed by atoms with E-state index >= 15 is 0 Å². The topological polar surface area (TPSA) is 75.7 Å². The van der Waals surface area contributed by atoms with E-state index in [4.69, 9.17) is 4.74 Å². The molecule has 2 aromatic carbocycles. The molecule has 8 heteroatoms. The molecule has 1 aromatic heterocycles. The Hall–Kier alpha value is -2.84. The number of methoxy groups -OCH3 is 1. The normalized spacial score (nSPS) is 14.0. The van der Waals surface area contributed by atoms with Crippen LogP contribution in [0.25, 0.3) is 10.1 Å². The van der Waals surface area contributed by atoms with Gasteiger partial charge in [0.2, 0.25) is 0 Å². The maximum atomic E-state index is 13.3. The quantitative estimate of drug-likeness (QED) is 0.407. The lowest BCUT2D eigenvalue weighted by molar-refractivity contribution is 0.0958. The van der Waals surface area contributed by atoms with E-state index in [1.807, 2.05) is 25.1 Å². The minimum atomic E-state index is -3.83. The van der Waals surface area contributed by atoms with E-state index in [9.17, 15) is 13.2 Å². The summed E-state index contributed by atoms with van der Waals surface area (Å²) >= 11 is 1.41. The number of hydrogen-bond acceptors (Lipinski definition) is 5. The molecule has 1 aliphatic rings. The number of nitrogens with one attached hydrogen (secondary N) is 1. The molecule has 180 valence electrons. The number of rotatable bonds is 8. The van der Waals surface area contributed by atoms with Crippen LogP contribution in [-0.2, 0) is 10.0 Å². The van der Waals surface area contributed by atoms with Crippen molar-refractivity contribution in [2.24, 2.45) is 0 Å². The molecule has 34 heavy (non-hydrogen) atoms. The highest BCUT2D eigenvalue weighted by molar-refractivity contribution is 7.93. The van der Waals surface area contributed by atoms with E-state index in [1.165, 1.54) is 48.2 Å². The van der Waals surface area contributed by atoms with Crippen LogP contribution in [0, 0.1) is 6.92 Å². The van der Waals surface area contributed by atoms with Gasteiger partial charge in [-0.05, 0) is 86.4 Å². The van der Waals surface area contributed by atoms with Crippen molar-refractivity contribution >= 4 is 43.0 Å². The van der Waals surface area contributed by atoms with Gasteiger partial charge in [-0.1, -0.05) is 17.7 Å². The zero-order valence-electron chi connectivity index (χ0n) is 19.8. The highest BCUT2D eigenvalue weighted by Crippen LogP contribution is 2.33. The molecule has 1 aliphatic carbocycles. The van der Waals surface area contributed by atoms with Crippen molar-refractivity contribution in [3.8, 4) is 5.75 Å². The molecular formula is C26H30N2O4S2. The van der Waals surface area contributed by atoms with E-state index in [0.717, 1.165) is 34.9 Å². The number of sulfonamides is 1. The van der Waals surface area contributed by atoms with Gasteiger partial charge in [-0.25, -0.2) is 8.42 Å². The third-order valence-corrected chi connectivity index (χ3v) is 9.08. The summed E-state index contributed by atoms with van der Waals surface area (Å²) in [6.45, 7) is 2.47. The van der Waals surface area contributed by atoms with Crippen molar-refractivity contribution in [3.63, 3.8) is 0 Å². The summed E-state index contributed by atoms with van der Waals surface area (Å²) in [7, 11) is -0.847. The predicted octanol–water partition coefficient (Wildman–Crippen LogP) is 5.66. The summed E-state index contributed by atoms with van der Waals surface area (Å²) < 4.78 is 34.2. The van der Waals surface area contributed by atoms with Crippen LogP contribution in [-0.4, -0.2) is 35.0 Å². The number of benzene rings is 2. The van der Waals surface area contributed by atoms with Crippen molar-refractivity contribution in [1.29, 1.82) is 0 Å². The second kappa shape index (κ2) is 10.2. The first kappa shape index (κ1) is 24.3. The van der Waals surface area contributed by atoms with Crippen LogP contribution in [0.15, 0.2) is 59.0 Å². The maximum absolute atomic E-state index is 13.3. The molecule has 1 heterocycles. The van der Waals surface area contributed by atoms with E-state index < -0.39 is 10.0 Å². The Morgan fingerprint density at radius 1 is 1.15 bits per heavy atom. The van der Waals surface area contributed by atoms with E-state index in [0.29, 0.717) is 22.9 Å². The Labute approximate surface area is 205 Å². The fourth-order valence-corrected chi connectivity index (χ4v) is 6.55. The van der Waals surface area contributed by atoms with Gasteiger partial charge in [-0.15, -0.1) is 11.3 Å². The molecule has 0 bridgehead atoms. The molecular weight excluding hydrogens is 468 g/mol. The molecule has 3 aromatic rings. The summed E-state index contributed by atoms with van der Waals surface area (Å²) in [5, 5.41) is 3.85. The number of fused-ring (bicyclic) bond motifs is 1. The van der Waals surface area contributed by atoms with Crippen LogP contribution in [0.1, 0.15) is 47.3 Å². The molecule has 6 nitrogen and oxygen atoms in total. The monoisotopic (exact) mass is 498 g/mol. The molecule has 0 saturated heterocycles. The average Bonchev–Trinajstić information content (AvgIpc) is 3.28. The Balaban J connectivity index is 1.52. The first-order valence-corrected chi connectivity index (χ1v) is 13.7. The van der Waals surface area contributed by atoms with Crippen molar-refractivity contribution in [2.45, 2.75) is 43.9 Å². The summed E-state index contributed by atoms with van der Waals surface area (Å²) in [6.07, 6.45) is 7.96. The molecule has 0 aliphatic heterocycles. The lowest BCUT2D eigenvalue weighted by Gasteiger charge is -2.21. The Kier molecular flexibility index (Phi) is 7.28. The molecule has 1 N–H and O–H groups in total. The van der Waals surface area contributed by atoms with Gasteiger partial charge < -0.3 is 10.1 Å². The first-order valence-electron chi connectivity index (χ1n) is 11.4. The Morgan fingerprint density at radius 2 is 1.97 bits per heavy atom. The number of allylic oxidation sites excluding steroid dienone is 1. The van der Waals surface area contributed by atoms with Gasteiger partial charge in [0.1, 0.15) is 10.6 Å². The summed E-state index contributed by atoms with van der Waals surface area (Å²) in [5.74, 6) is 0.210. The summed E-state index contributed by atoms with van der Waals surface area (Å²) in [6, 6.07) is 12.3. The standard InChI is InChI=1S/C26H30N2O4S2/c1-18-9-11-22(32-3)25(15-18)34(30,31)28(2)21-10-12-23-20(16-21)17-24(33-23)26(29)27-14-13-19-7-5-4-6-8-19/h7,9-12,15-17H,4-6,8,13-14H2,1-3H3,(H,27,29). The number of amides is 1. The molecule has 4 rings (SSSR count). The lowest BCUT2D eigenvalue weighted by atomic mass is 9.97. The number of ether oxygens (including phenoxy) is 1. The van der Waals surface area contributed by atoms with E-state index in [1.54, 1.807) is 24.3 Å². The second-order valence-corrected chi connectivity index (χ2v) is 11.6. The number of nitrogens with zero attached hydrogens (tertiary/aromatic N) is 1. The van der Waals surface area contributed by atoms with Crippen molar-refractivity contribution in [3.05, 3.63) is 64.6 Å². The SMILES string of the molecule is COc1ccc(C)cc1S(=O)(=O)N(C)c1ccc2sc(C(=O)NCCC3=CCCCC3)cc2c1.